The molecule has 0 radical (unpaired) electrons. The molecule has 0 spiro atoms. The number of amides is 2. The molecule has 0 fully saturated rings. The number of para-hydroxylation sites is 1. The third kappa shape index (κ3) is 5.42. The minimum atomic E-state index is -0.0663. The van der Waals surface area contributed by atoms with E-state index in [9.17, 15) is 9.59 Å². The molecule has 0 aliphatic carbocycles. The van der Waals surface area contributed by atoms with Gasteiger partial charge in [-0.2, -0.15) is 0 Å². The van der Waals surface area contributed by atoms with E-state index in [1.807, 2.05) is 60.9 Å². The molecule has 0 aliphatic heterocycles. The van der Waals surface area contributed by atoms with E-state index in [4.69, 9.17) is 0 Å². The number of nitrogens with zero attached hydrogens (tertiary/aromatic N) is 1. The number of carbonyl (C=O) groups is 2. The number of hydrogen-bond acceptors (Lipinski definition) is 3. The summed E-state index contributed by atoms with van der Waals surface area (Å²) < 4.78 is 0. The van der Waals surface area contributed by atoms with Crippen molar-refractivity contribution in [2.24, 2.45) is 0 Å². The quantitative estimate of drug-likeness (QED) is 0.768. The normalized spacial score (nSPS) is 10.2. The number of rotatable bonds is 7. The lowest BCUT2D eigenvalue weighted by atomic mass is 10.2. The van der Waals surface area contributed by atoms with E-state index in [0.29, 0.717) is 19.3 Å². The van der Waals surface area contributed by atoms with Gasteiger partial charge in [0.15, 0.2) is 0 Å². The van der Waals surface area contributed by atoms with Crippen molar-refractivity contribution in [3.05, 3.63) is 54.6 Å². The van der Waals surface area contributed by atoms with Crippen molar-refractivity contribution >= 4 is 35.0 Å². The summed E-state index contributed by atoms with van der Waals surface area (Å²) >= 11 is 1.63. The molecule has 126 valence electrons. The van der Waals surface area contributed by atoms with Crippen LogP contribution < -0.4 is 10.2 Å². The van der Waals surface area contributed by atoms with Gasteiger partial charge in [0, 0.05) is 36.2 Å². The third-order valence-electron chi connectivity index (χ3n) is 3.67. The Hall–Kier alpha value is -2.27. The van der Waals surface area contributed by atoms with Crippen molar-refractivity contribution in [1.29, 1.82) is 0 Å². The summed E-state index contributed by atoms with van der Waals surface area (Å²) in [4.78, 5) is 26.9. The van der Waals surface area contributed by atoms with Gasteiger partial charge in [-0.25, -0.2) is 0 Å². The van der Waals surface area contributed by atoms with Crippen LogP contribution in [0.25, 0.3) is 0 Å². The number of benzene rings is 2. The molecule has 1 N–H and O–H groups in total. The average molecular weight is 342 g/mol. The van der Waals surface area contributed by atoms with Crippen LogP contribution in [0.2, 0.25) is 0 Å². The van der Waals surface area contributed by atoms with Gasteiger partial charge in [-0.05, 0) is 43.0 Å². The SMILES string of the molecule is CSc1cccc(NC(=O)CCCC(=O)N(C)c2ccccc2)c1. The van der Waals surface area contributed by atoms with Gasteiger partial charge in [-0.15, -0.1) is 11.8 Å². The van der Waals surface area contributed by atoms with Gasteiger partial charge in [0.2, 0.25) is 11.8 Å². The summed E-state index contributed by atoms with van der Waals surface area (Å²) in [6, 6.07) is 17.2. The first-order valence-electron chi connectivity index (χ1n) is 7.85. The Balaban J connectivity index is 1.76. The van der Waals surface area contributed by atoms with Crippen LogP contribution >= 0.6 is 11.8 Å². The van der Waals surface area contributed by atoms with Crippen molar-refractivity contribution in [2.45, 2.75) is 24.2 Å². The fraction of sp³-hybridized carbons (Fsp3) is 0.263. The Bertz CT molecular complexity index is 689. The lowest BCUT2D eigenvalue weighted by Gasteiger charge is -2.17. The van der Waals surface area contributed by atoms with E-state index in [1.165, 1.54) is 0 Å². The van der Waals surface area contributed by atoms with Crippen LogP contribution in [-0.4, -0.2) is 25.1 Å². The number of hydrogen-bond donors (Lipinski definition) is 1. The zero-order valence-electron chi connectivity index (χ0n) is 14.0. The maximum Gasteiger partial charge on any atom is 0.226 e. The Kier molecular flexibility index (Phi) is 6.88. The Morgan fingerprint density at radius 3 is 2.50 bits per heavy atom. The van der Waals surface area contributed by atoms with E-state index in [1.54, 1.807) is 23.7 Å². The lowest BCUT2D eigenvalue weighted by molar-refractivity contribution is -0.118. The first-order valence-corrected chi connectivity index (χ1v) is 9.08. The molecular weight excluding hydrogens is 320 g/mol. The average Bonchev–Trinajstić information content (AvgIpc) is 2.61. The van der Waals surface area contributed by atoms with Crippen molar-refractivity contribution in [3.63, 3.8) is 0 Å². The predicted molar refractivity (Wildman–Crippen MR) is 101 cm³/mol. The fourth-order valence-electron chi connectivity index (χ4n) is 2.29. The maximum absolute atomic E-state index is 12.2. The van der Waals surface area contributed by atoms with Crippen LogP contribution in [0.5, 0.6) is 0 Å². The number of carbonyl (C=O) groups excluding carboxylic acids is 2. The van der Waals surface area contributed by atoms with Gasteiger partial charge in [-0.3, -0.25) is 9.59 Å². The van der Waals surface area contributed by atoms with Gasteiger partial charge >= 0.3 is 0 Å². The molecule has 2 aromatic carbocycles. The molecule has 4 nitrogen and oxygen atoms in total. The second-order valence-electron chi connectivity index (χ2n) is 5.42. The molecular formula is C19H22N2O2S. The highest BCUT2D eigenvalue weighted by Crippen LogP contribution is 2.19. The fourth-order valence-corrected chi connectivity index (χ4v) is 2.75. The molecule has 5 heteroatoms. The smallest absolute Gasteiger partial charge is 0.226 e. The third-order valence-corrected chi connectivity index (χ3v) is 4.39. The van der Waals surface area contributed by atoms with E-state index < -0.39 is 0 Å². The molecule has 0 aliphatic rings. The molecule has 24 heavy (non-hydrogen) atoms. The summed E-state index contributed by atoms with van der Waals surface area (Å²) in [5.41, 5.74) is 1.65. The number of thioether (sulfide) groups is 1. The Morgan fingerprint density at radius 2 is 1.79 bits per heavy atom. The van der Waals surface area contributed by atoms with Crippen molar-refractivity contribution < 1.29 is 9.59 Å². The molecule has 0 atom stereocenters. The summed E-state index contributed by atoms with van der Waals surface area (Å²) in [7, 11) is 1.76. The monoisotopic (exact) mass is 342 g/mol. The highest BCUT2D eigenvalue weighted by molar-refractivity contribution is 7.98. The van der Waals surface area contributed by atoms with Crippen LogP contribution in [0.3, 0.4) is 0 Å². The number of nitrogens with one attached hydrogen (secondary N) is 1. The molecule has 0 saturated carbocycles. The molecule has 0 heterocycles. The minimum absolute atomic E-state index is 0.0124. The summed E-state index contributed by atoms with van der Waals surface area (Å²) in [5, 5.41) is 2.87. The Morgan fingerprint density at radius 1 is 1.04 bits per heavy atom. The van der Waals surface area contributed by atoms with E-state index in [-0.39, 0.29) is 11.8 Å². The van der Waals surface area contributed by atoms with Crippen LogP contribution in [0.4, 0.5) is 11.4 Å². The van der Waals surface area contributed by atoms with Gasteiger partial charge in [0.25, 0.3) is 0 Å². The van der Waals surface area contributed by atoms with Crippen LogP contribution in [-0.2, 0) is 9.59 Å². The molecule has 2 aromatic rings. The topological polar surface area (TPSA) is 49.4 Å². The van der Waals surface area contributed by atoms with Crippen molar-refractivity contribution in [3.8, 4) is 0 Å². The standard InChI is InChI=1S/C19H22N2O2S/c1-21(16-9-4-3-5-10-16)19(23)13-7-12-18(22)20-15-8-6-11-17(14-15)24-2/h3-6,8-11,14H,7,12-13H2,1-2H3,(H,20,22). The van der Waals surface area contributed by atoms with Crippen LogP contribution in [0.1, 0.15) is 19.3 Å². The zero-order valence-corrected chi connectivity index (χ0v) is 14.8. The van der Waals surface area contributed by atoms with E-state index >= 15 is 0 Å². The van der Waals surface area contributed by atoms with Crippen molar-refractivity contribution in [2.75, 3.05) is 23.5 Å². The van der Waals surface area contributed by atoms with Gasteiger partial charge in [0.1, 0.15) is 0 Å². The van der Waals surface area contributed by atoms with E-state index in [0.717, 1.165) is 16.3 Å². The second-order valence-corrected chi connectivity index (χ2v) is 6.30. The largest absolute Gasteiger partial charge is 0.326 e. The van der Waals surface area contributed by atoms with Gasteiger partial charge < -0.3 is 10.2 Å². The zero-order chi connectivity index (χ0) is 17.4. The molecule has 0 bridgehead atoms. The predicted octanol–water partition coefficient (Wildman–Crippen LogP) is 4.18. The van der Waals surface area contributed by atoms with Gasteiger partial charge in [-0.1, -0.05) is 24.3 Å². The first kappa shape index (κ1) is 18.1. The molecule has 2 rings (SSSR count). The van der Waals surface area contributed by atoms with Crippen molar-refractivity contribution in [1.82, 2.24) is 0 Å². The molecule has 0 saturated heterocycles. The molecule has 2 amide bonds. The summed E-state index contributed by atoms with van der Waals surface area (Å²) in [5.74, 6) is -0.0539. The van der Waals surface area contributed by atoms with Crippen LogP contribution in [0.15, 0.2) is 59.5 Å². The molecule has 0 aromatic heterocycles. The first-order chi connectivity index (χ1) is 11.6. The van der Waals surface area contributed by atoms with E-state index in [2.05, 4.69) is 5.32 Å². The van der Waals surface area contributed by atoms with Crippen LogP contribution in [0, 0.1) is 0 Å². The summed E-state index contributed by atoms with van der Waals surface area (Å²) in [6.07, 6.45) is 3.21. The second kappa shape index (κ2) is 9.13. The number of anilines is 2. The highest BCUT2D eigenvalue weighted by atomic mass is 32.2. The summed E-state index contributed by atoms with van der Waals surface area (Å²) in [6.45, 7) is 0. The maximum atomic E-state index is 12.2. The lowest BCUT2D eigenvalue weighted by Crippen LogP contribution is -2.26. The molecule has 0 unspecified atom stereocenters. The van der Waals surface area contributed by atoms with Gasteiger partial charge in [0.05, 0.1) is 0 Å². The Labute approximate surface area is 147 Å². The minimum Gasteiger partial charge on any atom is -0.326 e. The highest BCUT2D eigenvalue weighted by Gasteiger charge is 2.11.